The first-order valence-electron chi connectivity index (χ1n) is 7.72. The number of hydrogen-bond acceptors (Lipinski definition) is 6. The Bertz CT molecular complexity index is 782. The fourth-order valence-electron chi connectivity index (χ4n) is 2.53. The van der Waals surface area contributed by atoms with Gasteiger partial charge in [-0.25, -0.2) is 0 Å². The van der Waals surface area contributed by atoms with Gasteiger partial charge in [-0.05, 0) is 25.9 Å². The van der Waals surface area contributed by atoms with Gasteiger partial charge in [-0.3, -0.25) is 4.79 Å². The van der Waals surface area contributed by atoms with E-state index in [4.69, 9.17) is 57.0 Å². The van der Waals surface area contributed by atoms with Crippen molar-refractivity contribution in [3.05, 3.63) is 66.5 Å². The molecule has 16 nitrogen and oxygen atoms in total. The number of amidine groups is 1. The van der Waals surface area contributed by atoms with Gasteiger partial charge < -0.3 is 28.2 Å². The molecule has 223 valence electrons. The largest absolute Gasteiger partial charge is 1.00 e. The van der Waals surface area contributed by atoms with Crippen LogP contribution in [0.1, 0.15) is 27.2 Å². The van der Waals surface area contributed by atoms with E-state index in [0.29, 0.717) is 5.71 Å². The van der Waals surface area contributed by atoms with Crippen molar-refractivity contribution in [2.75, 3.05) is 0 Å². The van der Waals surface area contributed by atoms with Gasteiger partial charge in [0.05, 0.1) is 11.3 Å². The fourth-order valence-corrected chi connectivity index (χ4v) is 2.57. The van der Waals surface area contributed by atoms with Gasteiger partial charge in [-0.2, -0.15) is 10.2 Å². The molecule has 3 atom stereocenters. The van der Waals surface area contributed by atoms with Crippen LogP contribution in [-0.4, -0.2) is 39.1 Å². The van der Waals surface area contributed by atoms with Crippen molar-refractivity contribution in [1.29, 1.82) is 0 Å². The normalized spacial score (nSPS) is 16.6. The van der Waals surface area contributed by atoms with Gasteiger partial charge in [0.25, 0.3) is 0 Å². The van der Waals surface area contributed by atoms with Crippen molar-refractivity contribution in [2.45, 2.75) is 44.5 Å². The third-order valence-corrected chi connectivity index (χ3v) is 3.67. The van der Waals surface area contributed by atoms with E-state index in [1.807, 2.05) is 0 Å². The molecule has 2 fully saturated rings. The minimum Gasteiger partial charge on any atom is 0 e. The zero-order valence-corrected chi connectivity index (χ0v) is 29.1. The fraction of sp³-hybridized carbons (Fsp3) is 0.381. The number of nitrogens with zero attached hydrogens (tertiary/aromatic N) is 2. The Balaban J connectivity index is -0.0000000314. The Hall–Kier alpha value is -1.74. The molecule has 20 heteroatoms. The van der Waals surface area contributed by atoms with Crippen LogP contribution >= 0.6 is 0 Å². The van der Waals surface area contributed by atoms with Gasteiger partial charge in [0.2, 0.25) is 0 Å². The second kappa shape index (κ2) is 62.0. The van der Waals surface area contributed by atoms with Crippen molar-refractivity contribution in [3.63, 3.8) is 0 Å². The molecule has 0 amide bonds. The first-order valence-corrected chi connectivity index (χ1v) is 8.13. The zero-order valence-electron chi connectivity index (χ0n) is 20.6. The van der Waals surface area contributed by atoms with E-state index < -0.39 is 11.2 Å². The summed E-state index contributed by atoms with van der Waals surface area (Å²) in [4.78, 5) is 12.1. The Morgan fingerprint density at radius 1 is 0.829 bits per heavy atom. The molecule has 3 N–H and O–H groups in total. The number of rotatable bonds is 3. The zero-order chi connectivity index (χ0) is 33.7. The van der Waals surface area contributed by atoms with E-state index >= 15 is 0 Å². The molecule has 3 unspecified atom stereocenters. The van der Waals surface area contributed by atoms with Gasteiger partial charge in [0, 0.05) is 51.9 Å². The van der Waals surface area contributed by atoms with Crippen LogP contribution in [0.15, 0.2) is 10.2 Å². The summed E-state index contributed by atoms with van der Waals surface area (Å²) in [6, 6.07) is 0. The van der Waals surface area contributed by atoms with Gasteiger partial charge in [0.1, 0.15) is 6.10 Å². The van der Waals surface area contributed by atoms with Crippen LogP contribution < -0.4 is 5.73 Å². The Labute approximate surface area is 281 Å². The molecular formula is C21H16N3O13Os3S. The first-order chi connectivity index (χ1) is 18.2. The number of Topliss-reactive ketones (excluding diaryl/α,β-unsaturated/α-hetero) is 1. The molecule has 0 bridgehead atoms. The molecule has 1 aliphatic heterocycles. The third kappa shape index (κ3) is 34.4. The summed E-state index contributed by atoms with van der Waals surface area (Å²) in [6.07, 6.45) is -0.0380. The number of epoxide rings is 1. The quantitative estimate of drug-likeness (QED) is 0.0706. The summed E-state index contributed by atoms with van der Waals surface area (Å²) >= 11 is 4.59. The van der Waals surface area contributed by atoms with Crippen molar-refractivity contribution in [2.24, 2.45) is 21.9 Å². The Morgan fingerprint density at radius 2 is 1.10 bits per heavy atom. The molecular weight excluding hydrogens is 1100 g/mol. The van der Waals surface area contributed by atoms with E-state index in [-0.39, 0.29) is 88.8 Å². The number of ether oxygens (including phenoxy) is 1. The van der Waals surface area contributed by atoms with Gasteiger partial charge in [-0.15, -0.1) is 0 Å². The number of fused-ring (bicyclic) bond motifs is 1. The van der Waals surface area contributed by atoms with Gasteiger partial charge in [-0.1, -0.05) is 0 Å². The number of carbonyl (C=O) groups is 1. The summed E-state index contributed by atoms with van der Waals surface area (Å²) in [7, 11) is 0. The molecule has 2 rings (SSSR count). The van der Waals surface area contributed by atoms with Crippen molar-refractivity contribution in [1.82, 2.24) is 0 Å². The predicted molar refractivity (Wildman–Crippen MR) is 108 cm³/mol. The van der Waals surface area contributed by atoms with Crippen LogP contribution in [0.4, 0.5) is 0 Å². The molecule has 2 aliphatic rings. The number of nitrogens with two attached hydrogens (primary N) is 1. The van der Waals surface area contributed by atoms with Crippen molar-refractivity contribution >= 4 is 29.3 Å². The summed E-state index contributed by atoms with van der Waals surface area (Å²) in [5.41, 5.74) is 3.69. The van der Waals surface area contributed by atoms with E-state index in [1.165, 1.54) is 0 Å². The molecule has 0 aromatic heterocycles. The van der Waals surface area contributed by atoms with E-state index in [0.717, 1.165) is 0 Å². The van der Waals surface area contributed by atoms with Crippen molar-refractivity contribution in [3.8, 4) is 0 Å². The van der Waals surface area contributed by atoms with E-state index in [1.54, 1.807) is 20.8 Å². The minimum absolute atomic E-state index is 0. The average Bonchev–Trinajstić information content (AvgIpc) is 3.69. The predicted octanol–water partition coefficient (Wildman–Crippen LogP) is -0.661. The molecule has 1 heterocycles. The maximum absolute atomic E-state index is 12.1. The summed E-state index contributed by atoms with van der Waals surface area (Å²) in [5, 5.41) is 17.3. The minimum atomic E-state index is -1.01. The second-order valence-electron chi connectivity index (χ2n) is 5.29. The summed E-state index contributed by atoms with van der Waals surface area (Å²) < 4.78 is 80.5. The van der Waals surface area contributed by atoms with Gasteiger partial charge in [0.15, 0.2) is 11.4 Å². The topological polar surface area (TPSA) is 300 Å². The molecule has 0 aromatic carbocycles. The van der Waals surface area contributed by atoms with Crippen LogP contribution in [0.2, 0.25) is 0 Å². The Morgan fingerprint density at radius 3 is 1.27 bits per heavy atom. The standard InChI is InChI=1S/C11H17N3O3S.10CO.3Os/c1-5(13-14-9(12)18)11-7(15)4-6(8(11)17-11)10(2,3)16;10*1-2;;;/h6,8,16H,4H2,1-3H3,(H3,12,14,18);;;;;;;;;;;;;/q;;;;;;;;;;;;;+1/p-1/b13-5-;;;;;;;;;;;;;. The van der Waals surface area contributed by atoms with Gasteiger partial charge >= 0.3 is 133 Å². The number of hydrogen-bond donors (Lipinski definition) is 2. The van der Waals surface area contributed by atoms with Crippen LogP contribution in [0, 0.1) is 72.4 Å². The molecule has 41 heavy (non-hydrogen) atoms. The van der Waals surface area contributed by atoms with Crippen molar-refractivity contribution < 1.29 is 121 Å². The summed E-state index contributed by atoms with van der Waals surface area (Å²) in [6.45, 7) is 50.0. The van der Waals surface area contributed by atoms with E-state index in [2.05, 4.69) is 89.3 Å². The smallest absolute Gasteiger partial charge is 0 e. The summed E-state index contributed by atoms with van der Waals surface area (Å²) in [5.74, 6) is -0.293. The average molecular weight is 1120 g/mol. The molecule has 1 aliphatic carbocycles. The first kappa shape index (κ1) is 77.3. The van der Waals surface area contributed by atoms with Crippen LogP contribution in [0.3, 0.4) is 0 Å². The van der Waals surface area contributed by atoms with Crippen LogP contribution in [-0.2, 0) is 128 Å². The Kier molecular flexibility index (Phi) is 117. The number of aliphatic hydroxyl groups is 1. The molecule has 1 saturated heterocycles. The van der Waals surface area contributed by atoms with Crippen LogP contribution in [0.25, 0.3) is 0 Å². The molecule has 1 radical (unpaired) electrons. The number of ketones is 1. The van der Waals surface area contributed by atoms with Crippen LogP contribution in [0.5, 0.6) is 0 Å². The number of carbonyl (C=O) groups excluding carboxylic acids is 1. The molecule has 0 spiro atoms. The maximum Gasteiger partial charge on any atom is 1.00 e. The van der Waals surface area contributed by atoms with E-state index in [9.17, 15) is 9.90 Å². The monoisotopic (exact) mass is 1130 g/mol. The molecule has 0 aromatic rings. The maximum atomic E-state index is 12.1. The SMILES string of the molecule is C/C(=N/N=C(/N)[S-])C12OC1C(C(C)(C)O)CC2=O.[C-]#[O+].[C-]#[O+].[C-]#[O+].[C-]#[O+].[C-]#[O+].[C-]#[O+].[C-]#[O+].[C-]#[O+].[C-]#[O+].[C-]#[O+].[Os+].[Os].[Os]. The molecule has 1 saturated carbocycles. The second-order valence-corrected chi connectivity index (χ2v) is 5.70. The third-order valence-electron chi connectivity index (χ3n) is 3.58.